The van der Waals surface area contributed by atoms with E-state index >= 15 is 0 Å². The van der Waals surface area contributed by atoms with E-state index in [2.05, 4.69) is 20.3 Å². The van der Waals surface area contributed by atoms with Gasteiger partial charge in [-0.15, -0.1) is 5.10 Å². The summed E-state index contributed by atoms with van der Waals surface area (Å²) in [5.41, 5.74) is 5.79. The number of methoxy groups -OCH3 is 1. The minimum Gasteiger partial charge on any atom is -0.453 e. The summed E-state index contributed by atoms with van der Waals surface area (Å²) in [6.07, 6.45) is 2.35. The molecule has 0 bridgehead atoms. The van der Waals surface area contributed by atoms with E-state index in [-0.39, 0.29) is 24.3 Å². The van der Waals surface area contributed by atoms with Crippen LogP contribution in [-0.2, 0) is 16.1 Å². The Hall–Kier alpha value is -2.16. The fourth-order valence-electron chi connectivity index (χ4n) is 1.96. The predicted octanol–water partition coefficient (Wildman–Crippen LogP) is -0.594. The highest BCUT2D eigenvalue weighted by Crippen LogP contribution is 2.09. The zero-order chi connectivity index (χ0) is 14.5. The van der Waals surface area contributed by atoms with Crippen LogP contribution in [0, 0.1) is 0 Å². The molecule has 0 aromatic carbocycles. The van der Waals surface area contributed by atoms with Crippen molar-refractivity contribution >= 4 is 17.8 Å². The van der Waals surface area contributed by atoms with Crippen molar-refractivity contribution in [1.29, 1.82) is 0 Å². The van der Waals surface area contributed by atoms with Crippen LogP contribution in [0.4, 0.5) is 10.6 Å². The van der Waals surface area contributed by atoms with Gasteiger partial charge in [0.15, 0.2) is 5.82 Å². The molecule has 1 saturated heterocycles. The lowest BCUT2D eigenvalue weighted by atomic mass is 10.1. The summed E-state index contributed by atoms with van der Waals surface area (Å²) in [5, 5.41) is 10.3. The van der Waals surface area contributed by atoms with E-state index in [4.69, 9.17) is 5.73 Å². The minimum absolute atomic E-state index is 0.0398. The third-order valence-corrected chi connectivity index (χ3v) is 3.12. The van der Waals surface area contributed by atoms with Gasteiger partial charge in [0, 0.05) is 19.1 Å². The van der Waals surface area contributed by atoms with Gasteiger partial charge in [-0.05, 0) is 12.8 Å². The van der Waals surface area contributed by atoms with Gasteiger partial charge in [-0.1, -0.05) is 0 Å². The molecule has 1 fully saturated rings. The molecular weight excluding hydrogens is 264 g/mol. The monoisotopic (exact) mass is 282 g/mol. The smallest absolute Gasteiger partial charge is 0.412 e. The highest BCUT2D eigenvalue weighted by atomic mass is 16.5. The van der Waals surface area contributed by atoms with Crippen LogP contribution in [0.25, 0.3) is 0 Å². The Morgan fingerprint density at radius 2 is 2.20 bits per heavy atom. The van der Waals surface area contributed by atoms with Crippen LogP contribution in [0.3, 0.4) is 0 Å². The summed E-state index contributed by atoms with van der Waals surface area (Å²) < 4.78 is 4.44. The fourth-order valence-corrected chi connectivity index (χ4v) is 1.96. The zero-order valence-electron chi connectivity index (χ0n) is 11.3. The second kappa shape index (κ2) is 6.33. The molecule has 3 N–H and O–H groups in total. The first-order valence-electron chi connectivity index (χ1n) is 6.37. The summed E-state index contributed by atoms with van der Waals surface area (Å²) in [4.78, 5) is 26.0. The van der Waals surface area contributed by atoms with E-state index in [1.807, 2.05) is 0 Å². The highest BCUT2D eigenvalue weighted by molar-refractivity contribution is 5.82. The number of piperidine rings is 1. The van der Waals surface area contributed by atoms with E-state index in [0.717, 1.165) is 12.8 Å². The predicted molar refractivity (Wildman–Crippen MR) is 69.8 cm³/mol. The molecule has 0 saturated carbocycles. The average Bonchev–Trinajstić information content (AvgIpc) is 2.86. The van der Waals surface area contributed by atoms with Gasteiger partial charge in [0.25, 0.3) is 0 Å². The number of aromatic nitrogens is 3. The molecule has 20 heavy (non-hydrogen) atoms. The Balaban J connectivity index is 1.86. The van der Waals surface area contributed by atoms with Crippen LogP contribution in [0.5, 0.6) is 0 Å². The molecule has 1 aromatic rings. The number of nitrogens with two attached hydrogens (primary N) is 1. The lowest BCUT2D eigenvalue weighted by Gasteiger charge is -2.29. The van der Waals surface area contributed by atoms with Gasteiger partial charge in [0.1, 0.15) is 6.54 Å². The van der Waals surface area contributed by atoms with Gasteiger partial charge in [-0.25, -0.2) is 4.79 Å². The number of rotatable bonds is 3. The second-order valence-electron chi connectivity index (χ2n) is 4.60. The Morgan fingerprint density at radius 1 is 1.50 bits per heavy atom. The number of nitrogens with one attached hydrogen (secondary N) is 1. The van der Waals surface area contributed by atoms with Crippen LogP contribution in [0.15, 0.2) is 6.20 Å². The first-order chi connectivity index (χ1) is 9.58. The lowest BCUT2D eigenvalue weighted by molar-refractivity contribution is -0.133. The standard InChI is InChI=1S/C11H18N6O3/c1-20-11(19)14-9-6-13-17(15-9)7-10(18)16-4-2-8(12)3-5-16/h6,8H,2-5,7,12H2,1H3,(H,14,15,19). The van der Waals surface area contributed by atoms with Crippen molar-refractivity contribution in [3.63, 3.8) is 0 Å². The number of ether oxygens (including phenoxy) is 1. The van der Waals surface area contributed by atoms with Crippen molar-refractivity contribution in [2.24, 2.45) is 5.73 Å². The largest absolute Gasteiger partial charge is 0.453 e. The maximum Gasteiger partial charge on any atom is 0.412 e. The number of carbonyl (C=O) groups is 2. The molecule has 110 valence electrons. The average molecular weight is 282 g/mol. The van der Waals surface area contributed by atoms with Gasteiger partial charge < -0.3 is 15.4 Å². The maximum absolute atomic E-state index is 12.0. The van der Waals surface area contributed by atoms with Gasteiger partial charge >= 0.3 is 6.09 Å². The lowest BCUT2D eigenvalue weighted by Crippen LogP contribution is -2.44. The van der Waals surface area contributed by atoms with E-state index in [9.17, 15) is 9.59 Å². The molecule has 9 nitrogen and oxygen atoms in total. The molecule has 1 aromatic heterocycles. The number of carbonyl (C=O) groups excluding carboxylic acids is 2. The minimum atomic E-state index is -0.631. The quantitative estimate of drug-likeness (QED) is 0.765. The SMILES string of the molecule is COC(=O)Nc1cnn(CC(=O)N2CCC(N)CC2)n1. The summed E-state index contributed by atoms with van der Waals surface area (Å²) in [6, 6.07) is 0.178. The van der Waals surface area contributed by atoms with Crippen molar-refractivity contribution in [1.82, 2.24) is 19.9 Å². The second-order valence-corrected chi connectivity index (χ2v) is 4.60. The van der Waals surface area contributed by atoms with Crippen LogP contribution in [0.2, 0.25) is 0 Å². The van der Waals surface area contributed by atoms with Crippen molar-refractivity contribution < 1.29 is 14.3 Å². The summed E-state index contributed by atoms with van der Waals surface area (Å²) in [7, 11) is 1.25. The molecule has 0 spiro atoms. The fraction of sp³-hybridized carbons (Fsp3) is 0.636. The summed E-state index contributed by atoms with van der Waals surface area (Å²) >= 11 is 0. The maximum atomic E-state index is 12.0. The van der Waals surface area contributed by atoms with Crippen LogP contribution >= 0.6 is 0 Å². The third-order valence-electron chi connectivity index (χ3n) is 3.12. The molecule has 2 heterocycles. The molecule has 0 radical (unpaired) electrons. The van der Waals surface area contributed by atoms with Crippen molar-refractivity contribution in [3.8, 4) is 0 Å². The van der Waals surface area contributed by atoms with E-state index in [0.29, 0.717) is 13.1 Å². The summed E-state index contributed by atoms with van der Waals surface area (Å²) in [5.74, 6) is 0.183. The topological polar surface area (TPSA) is 115 Å². The highest BCUT2D eigenvalue weighted by Gasteiger charge is 2.21. The van der Waals surface area contributed by atoms with E-state index in [1.54, 1.807) is 4.90 Å². The Kier molecular flexibility index (Phi) is 4.51. The molecular formula is C11H18N6O3. The van der Waals surface area contributed by atoms with Crippen molar-refractivity contribution in [2.75, 3.05) is 25.5 Å². The molecule has 0 atom stereocenters. The molecule has 1 aliphatic rings. The van der Waals surface area contributed by atoms with Crippen LogP contribution in [-0.4, -0.2) is 58.1 Å². The first-order valence-corrected chi connectivity index (χ1v) is 6.37. The summed E-state index contributed by atoms with van der Waals surface area (Å²) in [6.45, 7) is 1.36. The molecule has 2 rings (SSSR count). The van der Waals surface area contributed by atoms with Gasteiger partial charge in [-0.3, -0.25) is 10.1 Å². The molecule has 2 amide bonds. The van der Waals surface area contributed by atoms with Gasteiger partial charge in [-0.2, -0.15) is 9.90 Å². The van der Waals surface area contributed by atoms with Gasteiger partial charge in [0.2, 0.25) is 5.91 Å². The number of likely N-dealkylation sites (tertiary alicyclic amines) is 1. The molecule has 9 heteroatoms. The number of hydrogen-bond donors (Lipinski definition) is 2. The zero-order valence-corrected chi connectivity index (χ0v) is 11.3. The molecule has 1 aliphatic heterocycles. The Bertz CT molecular complexity index is 480. The van der Waals surface area contributed by atoms with Crippen molar-refractivity contribution in [2.45, 2.75) is 25.4 Å². The number of amides is 2. The molecule has 0 unspecified atom stereocenters. The normalized spacial score (nSPS) is 16.0. The molecule has 0 aliphatic carbocycles. The number of anilines is 1. The number of nitrogens with zero attached hydrogens (tertiary/aromatic N) is 4. The Labute approximate surface area is 116 Å². The number of hydrogen-bond acceptors (Lipinski definition) is 6. The van der Waals surface area contributed by atoms with Crippen LogP contribution < -0.4 is 11.1 Å². The first kappa shape index (κ1) is 14.3. The van der Waals surface area contributed by atoms with Gasteiger partial charge in [0.05, 0.1) is 13.3 Å². The van der Waals surface area contributed by atoms with E-state index in [1.165, 1.54) is 18.1 Å². The van der Waals surface area contributed by atoms with E-state index < -0.39 is 6.09 Å². The van der Waals surface area contributed by atoms with Crippen LogP contribution in [0.1, 0.15) is 12.8 Å². The third kappa shape index (κ3) is 3.67. The Morgan fingerprint density at radius 3 is 2.85 bits per heavy atom. The van der Waals surface area contributed by atoms with Crippen molar-refractivity contribution in [3.05, 3.63) is 6.20 Å².